The van der Waals surface area contributed by atoms with E-state index in [9.17, 15) is 9.90 Å². The van der Waals surface area contributed by atoms with Crippen LogP contribution in [0, 0.1) is 0 Å². The van der Waals surface area contributed by atoms with Gasteiger partial charge < -0.3 is 10.1 Å². The Bertz CT molecular complexity index is 522. The fourth-order valence-corrected chi connectivity index (χ4v) is 1.62. The quantitative estimate of drug-likeness (QED) is 0.721. The highest BCUT2D eigenvalue weighted by Crippen LogP contribution is 2.19. The Kier molecular flexibility index (Phi) is 1.84. The molecule has 0 atom stereocenters. The zero-order chi connectivity index (χ0) is 10.3. The predicted molar refractivity (Wildman–Crippen MR) is 54.6 cm³/mol. The number of H-pyrrole nitrogens is 1. The molecule has 0 aliphatic rings. The SMILES string of the molecule is CC(C)n1c(=O)[nH]c2ccc(O)cc21. The Morgan fingerprint density at radius 3 is 2.79 bits per heavy atom. The summed E-state index contributed by atoms with van der Waals surface area (Å²) >= 11 is 0. The molecule has 0 aliphatic carbocycles. The molecule has 1 heterocycles. The monoisotopic (exact) mass is 192 g/mol. The lowest BCUT2D eigenvalue weighted by Crippen LogP contribution is -2.18. The second-order valence-corrected chi connectivity index (χ2v) is 3.60. The Morgan fingerprint density at radius 1 is 1.43 bits per heavy atom. The van der Waals surface area contributed by atoms with E-state index in [2.05, 4.69) is 4.98 Å². The number of phenols is 1. The number of fused-ring (bicyclic) bond motifs is 1. The second kappa shape index (κ2) is 2.90. The summed E-state index contributed by atoms with van der Waals surface area (Å²) in [5, 5.41) is 9.32. The molecule has 0 amide bonds. The topological polar surface area (TPSA) is 58.0 Å². The van der Waals surface area contributed by atoms with Crippen molar-refractivity contribution in [2.24, 2.45) is 0 Å². The first-order valence-corrected chi connectivity index (χ1v) is 4.53. The molecule has 0 saturated heterocycles. The molecular formula is C10H12N2O2. The molecule has 4 heteroatoms. The van der Waals surface area contributed by atoms with Gasteiger partial charge in [-0.25, -0.2) is 4.79 Å². The van der Waals surface area contributed by atoms with Crippen molar-refractivity contribution in [3.05, 3.63) is 28.7 Å². The Balaban J connectivity index is 2.86. The highest BCUT2D eigenvalue weighted by molar-refractivity contribution is 5.76. The van der Waals surface area contributed by atoms with Gasteiger partial charge in [0.25, 0.3) is 0 Å². The van der Waals surface area contributed by atoms with E-state index in [1.54, 1.807) is 22.8 Å². The molecule has 74 valence electrons. The molecule has 0 aliphatic heterocycles. The summed E-state index contributed by atoms with van der Waals surface area (Å²) in [5.74, 6) is 0.172. The fraction of sp³-hybridized carbons (Fsp3) is 0.300. The van der Waals surface area contributed by atoms with Gasteiger partial charge in [-0.1, -0.05) is 0 Å². The van der Waals surface area contributed by atoms with E-state index in [1.807, 2.05) is 13.8 Å². The zero-order valence-electron chi connectivity index (χ0n) is 8.11. The first-order valence-electron chi connectivity index (χ1n) is 4.53. The van der Waals surface area contributed by atoms with E-state index in [0.29, 0.717) is 0 Å². The van der Waals surface area contributed by atoms with Crippen molar-refractivity contribution in [2.45, 2.75) is 19.9 Å². The number of hydrogen-bond acceptors (Lipinski definition) is 2. The number of nitrogens with zero attached hydrogens (tertiary/aromatic N) is 1. The molecule has 0 bridgehead atoms. The highest BCUT2D eigenvalue weighted by atomic mass is 16.3. The number of aromatic nitrogens is 2. The average Bonchev–Trinajstić information content (AvgIpc) is 2.40. The molecule has 2 rings (SSSR count). The first kappa shape index (κ1) is 8.87. The largest absolute Gasteiger partial charge is 0.508 e. The summed E-state index contributed by atoms with van der Waals surface area (Å²) in [6.07, 6.45) is 0. The minimum absolute atomic E-state index is 0.0815. The molecule has 1 aromatic heterocycles. The summed E-state index contributed by atoms with van der Waals surface area (Å²) in [6, 6.07) is 4.93. The van der Waals surface area contributed by atoms with Crippen molar-refractivity contribution in [3.63, 3.8) is 0 Å². The summed E-state index contributed by atoms with van der Waals surface area (Å²) in [4.78, 5) is 14.2. The number of aromatic hydroxyl groups is 1. The zero-order valence-corrected chi connectivity index (χ0v) is 8.11. The maximum absolute atomic E-state index is 11.5. The molecule has 0 fully saturated rings. The van der Waals surface area contributed by atoms with Crippen molar-refractivity contribution in [3.8, 4) is 5.75 Å². The summed E-state index contributed by atoms with van der Waals surface area (Å²) in [5.41, 5.74) is 1.35. The van der Waals surface area contributed by atoms with Gasteiger partial charge in [-0.05, 0) is 26.0 Å². The van der Waals surface area contributed by atoms with Gasteiger partial charge in [-0.15, -0.1) is 0 Å². The van der Waals surface area contributed by atoms with Crippen molar-refractivity contribution in [2.75, 3.05) is 0 Å². The Hall–Kier alpha value is -1.71. The molecule has 2 aromatic rings. The molecule has 0 radical (unpaired) electrons. The highest BCUT2D eigenvalue weighted by Gasteiger charge is 2.09. The number of aromatic amines is 1. The summed E-state index contributed by atoms with van der Waals surface area (Å²) < 4.78 is 1.62. The maximum Gasteiger partial charge on any atom is 0.326 e. The summed E-state index contributed by atoms with van der Waals surface area (Å²) in [6.45, 7) is 3.86. The van der Waals surface area contributed by atoms with Crippen LogP contribution in [0.15, 0.2) is 23.0 Å². The van der Waals surface area contributed by atoms with Gasteiger partial charge >= 0.3 is 5.69 Å². The molecule has 0 unspecified atom stereocenters. The number of rotatable bonds is 1. The van der Waals surface area contributed by atoms with Crippen LogP contribution in [0.5, 0.6) is 5.75 Å². The fourth-order valence-electron chi connectivity index (χ4n) is 1.62. The van der Waals surface area contributed by atoms with Crippen LogP contribution in [0.2, 0.25) is 0 Å². The van der Waals surface area contributed by atoms with Crippen molar-refractivity contribution < 1.29 is 5.11 Å². The number of phenolic OH excluding ortho intramolecular Hbond substituents is 1. The van der Waals surface area contributed by atoms with Crippen molar-refractivity contribution >= 4 is 11.0 Å². The number of imidazole rings is 1. The predicted octanol–water partition coefficient (Wildman–Crippen LogP) is 1.62. The molecule has 1 aromatic carbocycles. The van der Waals surface area contributed by atoms with Crippen LogP contribution in [0.25, 0.3) is 11.0 Å². The number of nitrogens with one attached hydrogen (secondary N) is 1. The van der Waals surface area contributed by atoms with E-state index < -0.39 is 0 Å². The van der Waals surface area contributed by atoms with Crippen LogP contribution >= 0.6 is 0 Å². The number of hydrogen-bond donors (Lipinski definition) is 2. The van der Waals surface area contributed by atoms with E-state index in [-0.39, 0.29) is 17.5 Å². The van der Waals surface area contributed by atoms with Gasteiger partial charge in [-0.3, -0.25) is 4.57 Å². The average molecular weight is 192 g/mol. The molecule has 14 heavy (non-hydrogen) atoms. The molecule has 2 N–H and O–H groups in total. The van der Waals surface area contributed by atoms with E-state index in [1.165, 1.54) is 0 Å². The lowest BCUT2D eigenvalue weighted by molar-refractivity contribution is 0.475. The normalized spacial score (nSPS) is 11.4. The third-order valence-electron chi connectivity index (χ3n) is 2.22. The third kappa shape index (κ3) is 1.19. The first-order chi connectivity index (χ1) is 6.59. The van der Waals surface area contributed by atoms with Crippen LogP contribution in [0.1, 0.15) is 19.9 Å². The standard InChI is InChI=1S/C10H12N2O2/c1-6(2)12-9-5-7(13)3-4-8(9)11-10(12)14/h3-6,13H,1-2H3,(H,11,14). The Labute approximate surface area is 80.8 Å². The Morgan fingerprint density at radius 2 is 2.14 bits per heavy atom. The van der Waals surface area contributed by atoms with Gasteiger partial charge in [0.2, 0.25) is 0 Å². The van der Waals surface area contributed by atoms with Gasteiger partial charge in [0.1, 0.15) is 5.75 Å². The van der Waals surface area contributed by atoms with Gasteiger partial charge in [0, 0.05) is 12.1 Å². The number of benzene rings is 1. The van der Waals surface area contributed by atoms with Crippen molar-refractivity contribution in [1.29, 1.82) is 0 Å². The third-order valence-corrected chi connectivity index (χ3v) is 2.22. The lowest BCUT2D eigenvalue weighted by Gasteiger charge is -2.06. The minimum Gasteiger partial charge on any atom is -0.508 e. The van der Waals surface area contributed by atoms with Gasteiger partial charge in [0.05, 0.1) is 11.0 Å². The minimum atomic E-state index is -0.138. The van der Waals surface area contributed by atoms with E-state index >= 15 is 0 Å². The molecule has 0 spiro atoms. The van der Waals surface area contributed by atoms with Gasteiger partial charge in [-0.2, -0.15) is 0 Å². The summed E-state index contributed by atoms with van der Waals surface area (Å²) in [7, 11) is 0. The van der Waals surface area contributed by atoms with Crippen LogP contribution in [0.3, 0.4) is 0 Å². The molecule has 0 saturated carbocycles. The van der Waals surface area contributed by atoms with Crippen LogP contribution in [0.4, 0.5) is 0 Å². The van der Waals surface area contributed by atoms with E-state index in [0.717, 1.165) is 11.0 Å². The molecule has 4 nitrogen and oxygen atoms in total. The van der Waals surface area contributed by atoms with Gasteiger partial charge in [0.15, 0.2) is 0 Å². The lowest BCUT2D eigenvalue weighted by atomic mass is 10.3. The van der Waals surface area contributed by atoms with Crippen molar-refractivity contribution in [1.82, 2.24) is 9.55 Å². The smallest absolute Gasteiger partial charge is 0.326 e. The van der Waals surface area contributed by atoms with Crippen LogP contribution < -0.4 is 5.69 Å². The van der Waals surface area contributed by atoms with Crippen LogP contribution in [-0.4, -0.2) is 14.7 Å². The maximum atomic E-state index is 11.5. The molecular weight excluding hydrogens is 180 g/mol. The van der Waals surface area contributed by atoms with Crippen LogP contribution in [-0.2, 0) is 0 Å². The second-order valence-electron chi connectivity index (χ2n) is 3.60. The van der Waals surface area contributed by atoms with E-state index in [4.69, 9.17) is 0 Å².